The average Bonchev–Trinajstić information content (AvgIpc) is 2.98. The Balaban J connectivity index is 1.42. The highest BCUT2D eigenvalue weighted by Gasteiger charge is 2.53. The van der Waals surface area contributed by atoms with Crippen LogP contribution in [-0.2, 0) is 4.79 Å². The van der Waals surface area contributed by atoms with Gasteiger partial charge in [-0.05, 0) is 50.3 Å². The molecule has 0 aromatic carbocycles. The number of hydrogen-bond acceptors (Lipinski definition) is 4. The van der Waals surface area contributed by atoms with Crippen molar-refractivity contribution in [1.82, 2.24) is 10.6 Å². The summed E-state index contributed by atoms with van der Waals surface area (Å²) in [7, 11) is 0. The Hall–Kier alpha value is -1.07. The summed E-state index contributed by atoms with van der Waals surface area (Å²) in [5.41, 5.74) is 1.18. The van der Waals surface area contributed by atoms with E-state index >= 15 is 0 Å². The van der Waals surface area contributed by atoms with Crippen LogP contribution in [0.1, 0.15) is 19.3 Å². The summed E-state index contributed by atoms with van der Waals surface area (Å²) in [5.74, 6) is 2.35. The number of hydrogen-bond donors (Lipinski definition) is 2. The number of nitrogens with one attached hydrogen (secondary N) is 2. The molecule has 2 saturated heterocycles. The summed E-state index contributed by atoms with van der Waals surface area (Å²) in [6.45, 7) is 3.88. The normalized spacial score (nSPS) is 36.3. The number of piperidine rings is 1. The molecule has 2 fully saturated rings. The van der Waals surface area contributed by atoms with Gasteiger partial charge in [0.2, 0.25) is 5.91 Å². The van der Waals surface area contributed by atoms with Gasteiger partial charge >= 0.3 is 0 Å². The van der Waals surface area contributed by atoms with Crippen molar-refractivity contribution in [2.24, 2.45) is 22.7 Å². The summed E-state index contributed by atoms with van der Waals surface area (Å²) in [4.78, 5) is 17.5. The topological polar surface area (TPSA) is 53.5 Å². The average molecular weight is 331 g/mol. The van der Waals surface area contributed by atoms with Gasteiger partial charge in [0.05, 0.1) is 16.4 Å². The van der Waals surface area contributed by atoms with Crippen LogP contribution in [0, 0.1) is 17.8 Å². The molecule has 1 amide bonds. The number of amides is 1. The minimum atomic E-state index is -0.0379. The number of allylic oxidation sites excluding steroid dienone is 3. The Labute approximate surface area is 142 Å². The molecule has 4 nitrogen and oxygen atoms in total. The standard InChI is InChI=1S/C18H25N3OS/c22-17(21-11-13-4-8-19-9-5-13)14-12-23-18-7-2-1-3-16(18)20-10-6-15(14)18/h1-3,7,13-15,19H,4-6,8-12H2,(H,21,22). The first kappa shape index (κ1) is 15.5. The Morgan fingerprint density at radius 1 is 1.35 bits per heavy atom. The molecule has 5 heteroatoms. The van der Waals surface area contributed by atoms with Crippen LogP contribution in [0.2, 0.25) is 0 Å². The van der Waals surface area contributed by atoms with Crippen LogP contribution in [-0.4, -0.2) is 48.3 Å². The first-order valence-electron chi connectivity index (χ1n) is 8.83. The third kappa shape index (κ3) is 2.78. The molecule has 0 saturated carbocycles. The molecule has 0 bridgehead atoms. The lowest BCUT2D eigenvalue weighted by molar-refractivity contribution is -0.126. The highest BCUT2D eigenvalue weighted by Crippen LogP contribution is 2.52. The summed E-state index contributed by atoms with van der Waals surface area (Å²) >= 11 is 1.92. The fourth-order valence-electron chi connectivity index (χ4n) is 4.38. The van der Waals surface area contributed by atoms with Gasteiger partial charge in [-0.15, -0.1) is 11.8 Å². The maximum absolute atomic E-state index is 12.8. The Morgan fingerprint density at radius 3 is 3.09 bits per heavy atom. The molecule has 3 heterocycles. The van der Waals surface area contributed by atoms with Crippen molar-refractivity contribution in [2.45, 2.75) is 24.0 Å². The third-order valence-corrected chi connectivity index (χ3v) is 7.38. The van der Waals surface area contributed by atoms with Crippen LogP contribution >= 0.6 is 11.8 Å². The molecule has 2 N–H and O–H groups in total. The molecule has 0 aromatic rings. The minimum Gasteiger partial charge on any atom is -0.356 e. The van der Waals surface area contributed by atoms with Crippen LogP contribution in [0.25, 0.3) is 0 Å². The lowest BCUT2D eigenvalue weighted by Gasteiger charge is -2.38. The van der Waals surface area contributed by atoms with Crippen molar-refractivity contribution >= 4 is 23.4 Å². The fraction of sp³-hybridized carbons (Fsp3) is 0.667. The predicted octanol–water partition coefficient (Wildman–Crippen LogP) is 1.79. The van der Waals surface area contributed by atoms with E-state index in [2.05, 4.69) is 34.9 Å². The second-order valence-electron chi connectivity index (χ2n) is 7.03. The molecule has 124 valence electrons. The number of thioether (sulfide) groups is 1. The summed E-state index contributed by atoms with van der Waals surface area (Å²) in [6, 6.07) is 0. The SMILES string of the molecule is O=C(NCC1CCNCC1)C1CSC23C=CC=CC2=NCCC13. The minimum absolute atomic E-state index is 0.0379. The molecule has 3 unspecified atom stereocenters. The molecular weight excluding hydrogens is 306 g/mol. The van der Waals surface area contributed by atoms with Crippen molar-refractivity contribution in [3.63, 3.8) is 0 Å². The first-order valence-corrected chi connectivity index (χ1v) is 9.81. The molecule has 3 aliphatic heterocycles. The highest BCUT2D eigenvalue weighted by atomic mass is 32.2. The zero-order chi connectivity index (χ0) is 15.7. The van der Waals surface area contributed by atoms with E-state index in [0.717, 1.165) is 38.4 Å². The Bertz CT molecular complexity index is 565. The van der Waals surface area contributed by atoms with Crippen LogP contribution in [0.4, 0.5) is 0 Å². The van der Waals surface area contributed by atoms with Gasteiger partial charge in [0.15, 0.2) is 0 Å². The van der Waals surface area contributed by atoms with Crippen LogP contribution in [0.3, 0.4) is 0 Å². The van der Waals surface area contributed by atoms with E-state index in [1.54, 1.807) is 0 Å². The van der Waals surface area contributed by atoms with Crippen LogP contribution in [0.15, 0.2) is 29.3 Å². The van der Waals surface area contributed by atoms with Gasteiger partial charge in [0, 0.05) is 18.8 Å². The van der Waals surface area contributed by atoms with E-state index < -0.39 is 0 Å². The second-order valence-corrected chi connectivity index (χ2v) is 8.33. The molecule has 4 aliphatic rings. The molecule has 4 rings (SSSR count). The molecule has 1 aliphatic carbocycles. The number of carbonyl (C=O) groups is 1. The van der Waals surface area contributed by atoms with Crippen molar-refractivity contribution < 1.29 is 4.79 Å². The number of carbonyl (C=O) groups excluding carboxylic acids is 1. The van der Waals surface area contributed by atoms with Gasteiger partial charge in [-0.1, -0.05) is 18.2 Å². The largest absolute Gasteiger partial charge is 0.356 e. The number of nitrogens with zero attached hydrogens (tertiary/aromatic N) is 1. The molecule has 1 spiro atoms. The predicted molar refractivity (Wildman–Crippen MR) is 96.0 cm³/mol. The molecule has 3 atom stereocenters. The van der Waals surface area contributed by atoms with Crippen molar-refractivity contribution in [3.05, 3.63) is 24.3 Å². The fourth-order valence-corrected chi connectivity index (χ4v) is 6.17. The van der Waals surface area contributed by atoms with Gasteiger partial charge in [0.25, 0.3) is 0 Å². The second kappa shape index (κ2) is 6.44. The molecule has 0 aromatic heterocycles. The maximum Gasteiger partial charge on any atom is 0.224 e. The van der Waals surface area contributed by atoms with Crippen molar-refractivity contribution in [1.29, 1.82) is 0 Å². The Kier molecular flexibility index (Phi) is 4.33. The number of rotatable bonds is 3. The summed E-state index contributed by atoms with van der Waals surface area (Å²) in [6.07, 6.45) is 12.0. The van der Waals surface area contributed by atoms with E-state index in [9.17, 15) is 4.79 Å². The summed E-state index contributed by atoms with van der Waals surface area (Å²) in [5, 5.41) is 6.64. The molecule has 23 heavy (non-hydrogen) atoms. The first-order chi connectivity index (χ1) is 11.3. The van der Waals surface area contributed by atoms with Crippen molar-refractivity contribution in [2.75, 3.05) is 31.9 Å². The van der Waals surface area contributed by atoms with Gasteiger partial charge in [0.1, 0.15) is 0 Å². The zero-order valence-corrected chi connectivity index (χ0v) is 14.3. The lowest BCUT2D eigenvalue weighted by atomic mass is 9.74. The lowest BCUT2D eigenvalue weighted by Crippen LogP contribution is -2.47. The highest BCUT2D eigenvalue weighted by molar-refractivity contribution is 8.02. The monoisotopic (exact) mass is 331 g/mol. The van der Waals surface area contributed by atoms with Gasteiger partial charge in [-0.25, -0.2) is 0 Å². The van der Waals surface area contributed by atoms with E-state index in [1.165, 1.54) is 18.6 Å². The zero-order valence-electron chi connectivity index (χ0n) is 13.5. The van der Waals surface area contributed by atoms with Crippen LogP contribution in [0.5, 0.6) is 0 Å². The van der Waals surface area contributed by atoms with Gasteiger partial charge < -0.3 is 10.6 Å². The van der Waals surface area contributed by atoms with E-state index in [-0.39, 0.29) is 16.6 Å². The quantitative estimate of drug-likeness (QED) is 0.829. The summed E-state index contributed by atoms with van der Waals surface area (Å²) < 4.78 is -0.0379. The van der Waals surface area contributed by atoms with Crippen molar-refractivity contribution in [3.8, 4) is 0 Å². The molecule has 0 radical (unpaired) electrons. The molecular formula is C18H25N3OS. The van der Waals surface area contributed by atoms with Gasteiger partial charge in [-0.3, -0.25) is 9.79 Å². The van der Waals surface area contributed by atoms with E-state index in [4.69, 9.17) is 4.99 Å². The van der Waals surface area contributed by atoms with Gasteiger partial charge in [-0.2, -0.15) is 0 Å². The van der Waals surface area contributed by atoms with E-state index in [0.29, 0.717) is 11.8 Å². The van der Waals surface area contributed by atoms with E-state index in [1.807, 2.05) is 11.8 Å². The van der Waals surface area contributed by atoms with Crippen LogP contribution < -0.4 is 10.6 Å². The Morgan fingerprint density at radius 2 is 2.22 bits per heavy atom. The smallest absolute Gasteiger partial charge is 0.224 e. The maximum atomic E-state index is 12.8. The third-order valence-electron chi connectivity index (χ3n) is 5.73. The number of aliphatic imine (C=N–C) groups is 1.